The second-order valence-electron chi connectivity index (χ2n) is 7.97. The number of nitrogens with zero attached hydrogens (tertiary/aromatic N) is 2. The Morgan fingerprint density at radius 3 is 2.52 bits per heavy atom. The van der Waals surface area contributed by atoms with Crippen LogP contribution in [0.1, 0.15) is 44.9 Å². The lowest BCUT2D eigenvalue weighted by Crippen LogP contribution is -2.46. The fourth-order valence-corrected chi connectivity index (χ4v) is 4.25. The summed E-state index contributed by atoms with van der Waals surface area (Å²) in [6.07, 6.45) is 8.10. The molecular weight excluding hydrogens is 477 g/mol. The van der Waals surface area contributed by atoms with Crippen molar-refractivity contribution in [3.05, 3.63) is 30.3 Å². The summed E-state index contributed by atoms with van der Waals surface area (Å²) in [4.78, 5) is 18.8. The van der Waals surface area contributed by atoms with Gasteiger partial charge >= 0.3 is 0 Å². The third-order valence-electron chi connectivity index (χ3n) is 5.81. The average Bonchev–Trinajstić information content (AvgIpc) is 3.20. The predicted molar refractivity (Wildman–Crippen MR) is 131 cm³/mol. The monoisotopic (exact) mass is 513 g/mol. The van der Waals surface area contributed by atoms with Gasteiger partial charge in [0.1, 0.15) is 0 Å². The summed E-state index contributed by atoms with van der Waals surface area (Å²) in [6, 6.07) is 10.9. The van der Waals surface area contributed by atoms with Crippen molar-refractivity contribution in [2.24, 2.45) is 10.9 Å². The molecule has 1 aliphatic carbocycles. The minimum absolute atomic E-state index is 0. The van der Waals surface area contributed by atoms with Crippen LogP contribution >= 0.6 is 24.0 Å². The Morgan fingerprint density at radius 1 is 1.07 bits per heavy atom. The lowest BCUT2D eigenvalue weighted by molar-refractivity contribution is -0.122. The third-order valence-corrected chi connectivity index (χ3v) is 5.81. The number of guanidine groups is 1. The number of hydrogen-bond acceptors (Lipinski definition) is 3. The van der Waals surface area contributed by atoms with Crippen LogP contribution in [0.4, 0.5) is 5.69 Å². The first-order chi connectivity index (χ1) is 13.7. The van der Waals surface area contributed by atoms with Gasteiger partial charge in [-0.05, 0) is 37.3 Å². The molecule has 1 saturated carbocycles. The highest BCUT2D eigenvalue weighted by atomic mass is 127. The molecule has 162 valence electrons. The van der Waals surface area contributed by atoms with Gasteiger partial charge in [0, 0.05) is 51.4 Å². The Labute approximate surface area is 192 Å². The lowest BCUT2D eigenvalue weighted by atomic mass is 9.87. The summed E-state index contributed by atoms with van der Waals surface area (Å²) in [5.74, 6) is 1.58. The second kappa shape index (κ2) is 12.9. The van der Waals surface area contributed by atoms with Crippen LogP contribution in [0.15, 0.2) is 35.3 Å². The number of amides is 1. The number of aliphatic imine (C=N–C) groups is 1. The molecule has 7 heteroatoms. The first-order valence-electron chi connectivity index (χ1n) is 10.8. The number of rotatable bonds is 7. The largest absolute Gasteiger partial charge is 0.369 e. The molecular formula is C22H36IN5O. The van der Waals surface area contributed by atoms with Crippen LogP contribution in [0.25, 0.3) is 0 Å². The minimum Gasteiger partial charge on any atom is -0.369 e. The first kappa shape index (κ1) is 23.8. The molecule has 1 amide bonds. The van der Waals surface area contributed by atoms with Gasteiger partial charge < -0.3 is 20.9 Å². The van der Waals surface area contributed by atoms with Gasteiger partial charge in [-0.1, -0.05) is 37.5 Å². The van der Waals surface area contributed by atoms with Gasteiger partial charge in [0.05, 0.1) is 0 Å². The van der Waals surface area contributed by atoms with Crippen molar-refractivity contribution >= 4 is 41.5 Å². The Morgan fingerprint density at radius 2 is 1.79 bits per heavy atom. The van der Waals surface area contributed by atoms with Crippen LogP contribution in [-0.4, -0.2) is 51.1 Å². The molecule has 0 radical (unpaired) electrons. The van der Waals surface area contributed by atoms with Gasteiger partial charge in [-0.15, -0.1) is 24.0 Å². The zero-order valence-corrected chi connectivity index (χ0v) is 19.9. The van der Waals surface area contributed by atoms with Crippen LogP contribution in [0.3, 0.4) is 0 Å². The molecule has 1 saturated heterocycles. The topological polar surface area (TPSA) is 68.8 Å². The third kappa shape index (κ3) is 8.03. The molecule has 1 aromatic carbocycles. The Kier molecular flexibility index (Phi) is 10.6. The van der Waals surface area contributed by atoms with Gasteiger partial charge in [0.25, 0.3) is 0 Å². The molecule has 6 nitrogen and oxygen atoms in total. The summed E-state index contributed by atoms with van der Waals surface area (Å²) in [5.41, 5.74) is 1.27. The molecule has 2 aliphatic rings. The van der Waals surface area contributed by atoms with E-state index in [1.807, 2.05) is 0 Å². The van der Waals surface area contributed by atoms with Gasteiger partial charge in [-0.3, -0.25) is 9.79 Å². The van der Waals surface area contributed by atoms with E-state index in [4.69, 9.17) is 0 Å². The van der Waals surface area contributed by atoms with E-state index in [-0.39, 0.29) is 29.9 Å². The van der Waals surface area contributed by atoms with Crippen molar-refractivity contribution in [2.75, 3.05) is 38.1 Å². The minimum atomic E-state index is 0. The number of hydrogen-bond donors (Lipinski definition) is 3. The summed E-state index contributed by atoms with van der Waals surface area (Å²) in [7, 11) is 1.79. The number of nitrogens with one attached hydrogen (secondary N) is 3. The molecule has 29 heavy (non-hydrogen) atoms. The van der Waals surface area contributed by atoms with E-state index in [0.717, 1.165) is 25.5 Å². The molecule has 0 spiro atoms. The van der Waals surface area contributed by atoms with E-state index in [2.05, 4.69) is 56.2 Å². The summed E-state index contributed by atoms with van der Waals surface area (Å²) in [5, 5.41) is 9.86. The number of para-hydroxylation sites is 1. The van der Waals surface area contributed by atoms with E-state index in [1.165, 1.54) is 37.8 Å². The smallest absolute Gasteiger partial charge is 0.220 e. The van der Waals surface area contributed by atoms with E-state index >= 15 is 0 Å². The predicted octanol–water partition coefficient (Wildman–Crippen LogP) is 3.13. The lowest BCUT2D eigenvalue weighted by Gasteiger charge is -2.21. The van der Waals surface area contributed by atoms with Crippen molar-refractivity contribution in [3.8, 4) is 0 Å². The van der Waals surface area contributed by atoms with E-state index in [1.54, 1.807) is 7.05 Å². The maximum atomic E-state index is 12.1. The van der Waals surface area contributed by atoms with Crippen molar-refractivity contribution in [1.82, 2.24) is 16.0 Å². The van der Waals surface area contributed by atoms with E-state index < -0.39 is 0 Å². The molecule has 1 aliphatic heterocycles. The second-order valence-corrected chi connectivity index (χ2v) is 7.97. The zero-order valence-electron chi connectivity index (χ0n) is 17.5. The molecule has 0 aromatic heterocycles. The van der Waals surface area contributed by atoms with Gasteiger partial charge in [0.2, 0.25) is 5.91 Å². The van der Waals surface area contributed by atoms with Crippen LogP contribution in [-0.2, 0) is 4.79 Å². The maximum Gasteiger partial charge on any atom is 0.220 e. The van der Waals surface area contributed by atoms with Crippen molar-refractivity contribution in [2.45, 2.75) is 51.0 Å². The zero-order chi connectivity index (χ0) is 19.6. The molecule has 1 heterocycles. The fraction of sp³-hybridized carbons (Fsp3) is 0.636. The summed E-state index contributed by atoms with van der Waals surface area (Å²) < 4.78 is 0. The van der Waals surface area contributed by atoms with Crippen LogP contribution in [0.5, 0.6) is 0 Å². The number of carbonyl (C=O) groups is 1. The van der Waals surface area contributed by atoms with E-state index in [0.29, 0.717) is 31.5 Å². The summed E-state index contributed by atoms with van der Waals surface area (Å²) >= 11 is 0. The Hall–Kier alpha value is -1.51. The van der Waals surface area contributed by atoms with Crippen LogP contribution in [0.2, 0.25) is 0 Å². The van der Waals surface area contributed by atoms with Crippen molar-refractivity contribution in [3.63, 3.8) is 0 Å². The fourth-order valence-electron chi connectivity index (χ4n) is 4.25. The van der Waals surface area contributed by atoms with Crippen LogP contribution in [0, 0.1) is 5.92 Å². The number of halogens is 1. The standard InChI is InChI=1S/C22H35N5O.HI/c1-23-22(25-14-13-24-21(28)16-18-8-4-2-5-9-18)26-19-12-15-27(17-19)20-10-6-3-7-11-20;/h3,6-7,10-11,18-19H,2,4-5,8-9,12-17H2,1H3,(H,24,28)(H2,23,25,26);1H. The number of carbonyl (C=O) groups excluding carboxylic acids is 1. The Bertz CT molecular complexity index is 633. The molecule has 1 atom stereocenters. The van der Waals surface area contributed by atoms with Crippen molar-refractivity contribution in [1.29, 1.82) is 0 Å². The first-order valence-corrected chi connectivity index (χ1v) is 10.8. The summed E-state index contributed by atoms with van der Waals surface area (Å²) in [6.45, 7) is 3.34. The quantitative estimate of drug-likeness (QED) is 0.227. The molecule has 1 aromatic rings. The highest BCUT2D eigenvalue weighted by Gasteiger charge is 2.23. The van der Waals surface area contributed by atoms with Gasteiger partial charge in [0.15, 0.2) is 5.96 Å². The highest BCUT2D eigenvalue weighted by Crippen LogP contribution is 2.26. The molecule has 1 unspecified atom stereocenters. The molecule has 3 rings (SSSR count). The van der Waals surface area contributed by atoms with Crippen molar-refractivity contribution < 1.29 is 4.79 Å². The molecule has 0 bridgehead atoms. The van der Waals surface area contributed by atoms with Crippen LogP contribution < -0.4 is 20.9 Å². The van der Waals surface area contributed by atoms with Gasteiger partial charge in [-0.25, -0.2) is 0 Å². The van der Waals surface area contributed by atoms with E-state index in [9.17, 15) is 4.79 Å². The van der Waals surface area contributed by atoms with Gasteiger partial charge in [-0.2, -0.15) is 0 Å². The highest BCUT2D eigenvalue weighted by molar-refractivity contribution is 14.0. The normalized spacial score (nSPS) is 20.1. The Balaban J connectivity index is 0.00000300. The maximum absolute atomic E-state index is 12.1. The number of anilines is 1. The SMILES string of the molecule is CN=C(NCCNC(=O)CC1CCCCC1)NC1CCN(c2ccccc2)C1.I. The molecule has 2 fully saturated rings. The number of benzene rings is 1. The average molecular weight is 513 g/mol. The molecule has 3 N–H and O–H groups in total.